The van der Waals surface area contributed by atoms with Crippen LogP contribution in [0.3, 0.4) is 0 Å². The van der Waals surface area contributed by atoms with Crippen LogP contribution < -0.4 is 15.4 Å². The van der Waals surface area contributed by atoms with Gasteiger partial charge in [-0.15, -0.1) is 0 Å². The first-order chi connectivity index (χ1) is 15.1. The quantitative estimate of drug-likeness (QED) is 0.520. The number of benzene rings is 2. The standard InChI is InChI=1S/C24H23Cl2N3O2/c1-31-24-15(13-27-14-16-10-12-22(30)28-16)9-11-21(29-24)19-7-4-6-18(23(19)26)17-5-2-3-8-20(17)25/h2-9,11,16,27H,10,12-14H2,1H3,(H,28,30). The molecule has 2 aromatic carbocycles. The molecule has 1 unspecified atom stereocenters. The van der Waals surface area contributed by atoms with E-state index in [9.17, 15) is 4.79 Å². The SMILES string of the molecule is COc1nc(-c2cccc(-c3ccccc3Cl)c2Cl)ccc1CNCC1CCC(=O)N1. The van der Waals surface area contributed by atoms with Gasteiger partial charge in [0.2, 0.25) is 11.8 Å². The molecule has 4 rings (SSSR count). The number of nitrogens with one attached hydrogen (secondary N) is 2. The summed E-state index contributed by atoms with van der Waals surface area (Å²) in [5.74, 6) is 0.658. The van der Waals surface area contributed by atoms with E-state index >= 15 is 0 Å². The Morgan fingerprint density at radius 3 is 2.58 bits per heavy atom. The Hall–Kier alpha value is -2.60. The Balaban J connectivity index is 1.56. The Labute approximate surface area is 191 Å². The molecule has 0 bridgehead atoms. The van der Waals surface area contributed by atoms with Crippen LogP contribution in [0.2, 0.25) is 10.0 Å². The first-order valence-electron chi connectivity index (χ1n) is 10.1. The molecule has 2 heterocycles. The van der Waals surface area contributed by atoms with E-state index in [2.05, 4.69) is 10.6 Å². The maximum atomic E-state index is 11.3. The third kappa shape index (κ3) is 4.85. The molecule has 0 radical (unpaired) electrons. The summed E-state index contributed by atoms with van der Waals surface area (Å²) in [7, 11) is 1.61. The molecule has 31 heavy (non-hydrogen) atoms. The minimum atomic E-state index is 0.117. The molecule has 1 fully saturated rings. The van der Waals surface area contributed by atoms with Gasteiger partial charge in [-0.25, -0.2) is 4.98 Å². The summed E-state index contributed by atoms with van der Waals surface area (Å²) in [6, 6.07) is 17.6. The second-order valence-corrected chi connectivity index (χ2v) is 8.23. The molecule has 0 aliphatic carbocycles. The molecule has 2 N–H and O–H groups in total. The van der Waals surface area contributed by atoms with Gasteiger partial charge in [-0.1, -0.05) is 65.7 Å². The Bertz CT molecular complexity index is 1100. The van der Waals surface area contributed by atoms with Crippen LogP contribution in [0.4, 0.5) is 0 Å². The van der Waals surface area contributed by atoms with Gasteiger partial charge in [0.1, 0.15) is 0 Å². The zero-order valence-corrected chi connectivity index (χ0v) is 18.6. The van der Waals surface area contributed by atoms with Gasteiger partial charge >= 0.3 is 0 Å². The molecular weight excluding hydrogens is 433 g/mol. The molecule has 1 aliphatic rings. The lowest BCUT2D eigenvalue weighted by Gasteiger charge is -2.15. The van der Waals surface area contributed by atoms with Crippen molar-refractivity contribution in [3.63, 3.8) is 0 Å². The smallest absolute Gasteiger partial charge is 0.220 e. The molecular formula is C24H23Cl2N3O2. The third-order valence-electron chi connectivity index (χ3n) is 5.36. The summed E-state index contributed by atoms with van der Waals surface area (Å²) in [6.07, 6.45) is 1.46. The van der Waals surface area contributed by atoms with Crippen molar-refractivity contribution in [3.8, 4) is 28.3 Å². The van der Waals surface area contributed by atoms with Crippen molar-refractivity contribution in [2.75, 3.05) is 13.7 Å². The van der Waals surface area contributed by atoms with Crippen molar-refractivity contribution in [1.82, 2.24) is 15.6 Å². The summed E-state index contributed by atoms with van der Waals surface area (Å²) in [4.78, 5) is 16.0. The third-order valence-corrected chi connectivity index (χ3v) is 6.10. The molecule has 1 atom stereocenters. The summed E-state index contributed by atoms with van der Waals surface area (Å²) in [5.41, 5.74) is 4.21. The number of ether oxygens (including phenoxy) is 1. The van der Waals surface area contributed by atoms with Crippen molar-refractivity contribution in [3.05, 3.63) is 70.2 Å². The van der Waals surface area contributed by atoms with E-state index in [0.717, 1.165) is 34.4 Å². The van der Waals surface area contributed by atoms with E-state index in [4.69, 9.17) is 32.9 Å². The minimum Gasteiger partial charge on any atom is -0.481 e. The predicted octanol–water partition coefficient (Wildman–Crippen LogP) is 5.10. The predicted molar refractivity (Wildman–Crippen MR) is 125 cm³/mol. The number of pyridine rings is 1. The van der Waals surface area contributed by atoms with Gasteiger partial charge in [-0.2, -0.15) is 0 Å². The number of rotatable bonds is 7. The number of hydrogen-bond acceptors (Lipinski definition) is 4. The Kier molecular flexibility index (Phi) is 6.76. The fourth-order valence-electron chi connectivity index (χ4n) is 3.76. The second kappa shape index (κ2) is 9.69. The summed E-state index contributed by atoms with van der Waals surface area (Å²) >= 11 is 13.1. The number of methoxy groups -OCH3 is 1. The number of nitrogens with zero attached hydrogens (tertiary/aromatic N) is 1. The van der Waals surface area contributed by atoms with Crippen LogP contribution in [-0.4, -0.2) is 30.6 Å². The van der Waals surface area contributed by atoms with Gasteiger partial charge in [0, 0.05) is 52.8 Å². The molecule has 160 valence electrons. The molecule has 1 saturated heterocycles. The maximum absolute atomic E-state index is 11.3. The van der Waals surface area contributed by atoms with Crippen molar-refractivity contribution in [2.45, 2.75) is 25.4 Å². The molecule has 1 aliphatic heterocycles. The highest BCUT2D eigenvalue weighted by molar-refractivity contribution is 6.38. The summed E-state index contributed by atoms with van der Waals surface area (Å²) in [5, 5.41) is 7.56. The number of amides is 1. The molecule has 1 amide bonds. The van der Waals surface area contributed by atoms with Crippen molar-refractivity contribution in [1.29, 1.82) is 0 Å². The van der Waals surface area contributed by atoms with Crippen molar-refractivity contribution < 1.29 is 9.53 Å². The highest BCUT2D eigenvalue weighted by Gasteiger charge is 2.20. The zero-order chi connectivity index (χ0) is 21.8. The lowest BCUT2D eigenvalue weighted by Crippen LogP contribution is -2.35. The van der Waals surface area contributed by atoms with Crippen molar-refractivity contribution in [2.24, 2.45) is 0 Å². The monoisotopic (exact) mass is 455 g/mol. The minimum absolute atomic E-state index is 0.117. The van der Waals surface area contributed by atoms with E-state index in [1.165, 1.54) is 0 Å². The Morgan fingerprint density at radius 2 is 1.84 bits per heavy atom. The largest absolute Gasteiger partial charge is 0.481 e. The van der Waals surface area contributed by atoms with E-state index in [-0.39, 0.29) is 11.9 Å². The number of hydrogen-bond donors (Lipinski definition) is 2. The summed E-state index contributed by atoms with van der Waals surface area (Å²) in [6.45, 7) is 1.30. The average Bonchev–Trinajstić information content (AvgIpc) is 3.20. The van der Waals surface area contributed by atoms with Crippen LogP contribution in [0, 0.1) is 0 Å². The van der Waals surface area contributed by atoms with Crippen LogP contribution >= 0.6 is 23.2 Å². The number of halogens is 2. The van der Waals surface area contributed by atoms with E-state index in [0.29, 0.717) is 35.4 Å². The van der Waals surface area contributed by atoms with E-state index in [1.807, 2.05) is 54.6 Å². The molecule has 0 spiro atoms. The molecule has 3 aromatic rings. The Morgan fingerprint density at radius 1 is 1.06 bits per heavy atom. The van der Waals surface area contributed by atoms with Gasteiger partial charge in [0.15, 0.2) is 0 Å². The fraction of sp³-hybridized carbons (Fsp3) is 0.250. The number of carbonyl (C=O) groups is 1. The molecule has 0 saturated carbocycles. The molecule has 1 aromatic heterocycles. The number of aromatic nitrogens is 1. The van der Waals surface area contributed by atoms with Gasteiger partial charge < -0.3 is 15.4 Å². The van der Waals surface area contributed by atoms with Crippen LogP contribution in [0.15, 0.2) is 54.6 Å². The van der Waals surface area contributed by atoms with E-state index < -0.39 is 0 Å². The first kappa shape index (κ1) is 21.6. The molecule has 5 nitrogen and oxygen atoms in total. The van der Waals surface area contributed by atoms with Crippen LogP contribution in [0.25, 0.3) is 22.4 Å². The first-order valence-corrected chi connectivity index (χ1v) is 10.9. The summed E-state index contributed by atoms with van der Waals surface area (Å²) < 4.78 is 5.54. The zero-order valence-electron chi connectivity index (χ0n) is 17.1. The lowest BCUT2D eigenvalue weighted by molar-refractivity contribution is -0.119. The number of carbonyl (C=O) groups excluding carboxylic acids is 1. The average molecular weight is 456 g/mol. The highest BCUT2D eigenvalue weighted by Crippen LogP contribution is 2.39. The second-order valence-electron chi connectivity index (χ2n) is 7.45. The van der Waals surface area contributed by atoms with Gasteiger partial charge in [-0.3, -0.25) is 4.79 Å². The fourth-order valence-corrected chi connectivity index (χ4v) is 4.32. The highest BCUT2D eigenvalue weighted by atomic mass is 35.5. The van der Waals surface area contributed by atoms with Crippen LogP contribution in [-0.2, 0) is 11.3 Å². The maximum Gasteiger partial charge on any atom is 0.220 e. The van der Waals surface area contributed by atoms with Gasteiger partial charge in [0.25, 0.3) is 0 Å². The normalized spacial score (nSPS) is 15.7. The molecule has 7 heteroatoms. The lowest BCUT2D eigenvalue weighted by atomic mass is 10.0. The van der Waals surface area contributed by atoms with Crippen LogP contribution in [0.1, 0.15) is 18.4 Å². The van der Waals surface area contributed by atoms with Crippen LogP contribution in [0.5, 0.6) is 5.88 Å². The topological polar surface area (TPSA) is 63.2 Å². The van der Waals surface area contributed by atoms with Gasteiger partial charge in [-0.05, 0) is 18.6 Å². The van der Waals surface area contributed by atoms with E-state index in [1.54, 1.807) is 7.11 Å². The van der Waals surface area contributed by atoms with Crippen molar-refractivity contribution >= 4 is 29.1 Å². The van der Waals surface area contributed by atoms with Gasteiger partial charge in [0.05, 0.1) is 17.8 Å².